The summed E-state index contributed by atoms with van der Waals surface area (Å²) >= 11 is 0. The number of para-hydroxylation sites is 3. The third-order valence-electron chi connectivity index (χ3n) is 11.8. The first-order valence-electron chi connectivity index (χ1n) is 20.9. The van der Waals surface area contributed by atoms with Crippen molar-refractivity contribution in [3.05, 3.63) is 224 Å². The maximum atomic E-state index is 6.76. The van der Waals surface area contributed by atoms with Crippen molar-refractivity contribution in [3.8, 4) is 22.6 Å². The molecule has 0 bridgehead atoms. The average Bonchev–Trinajstić information content (AvgIpc) is 3.96. The molecule has 2 heterocycles. The Morgan fingerprint density at radius 1 is 0.290 bits per heavy atom. The lowest BCUT2D eigenvalue weighted by atomic mass is 9.99. The summed E-state index contributed by atoms with van der Waals surface area (Å²) in [4.78, 5) is 9.84. The molecule has 5 heteroatoms. The standard InChI is InChI=1S/C57H37N3O2/c1-4-15-38(16-5-1)40-17-14-22-44(35-40)60(46-32-34-54-52(37-46)48-24-12-13-26-53(48)61-54)43-29-27-39(28-30-43)57-58-55-49-33-31-45(36-51(49)47-23-10-11-25-50(47)56(55)62-57)59(41-18-6-2-7-19-41)42-20-8-3-9-21-42/h1-37H. The van der Waals surface area contributed by atoms with E-state index in [2.05, 4.69) is 222 Å². The number of oxazole rings is 1. The Bertz CT molecular complexity index is 3540. The van der Waals surface area contributed by atoms with E-state index in [1.807, 2.05) is 12.1 Å². The Morgan fingerprint density at radius 3 is 1.55 bits per heavy atom. The molecule has 10 aromatic carbocycles. The summed E-state index contributed by atoms with van der Waals surface area (Å²) in [6.07, 6.45) is 0. The highest BCUT2D eigenvalue weighted by Gasteiger charge is 2.21. The summed E-state index contributed by atoms with van der Waals surface area (Å²) in [7, 11) is 0. The molecule has 0 N–H and O–H groups in total. The molecule has 292 valence electrons. The summed E-state index contributed by atoms with van der Waals surface area (Å²) in [6.45, 7) is 0. The smallest absolute Gasteiger partial charge is 0.227 e. The van der Waals surface area contributed by atoms with E-state index in [1.165, 1.54) is 0 Å². The lowest BCUT2D eigenvalue weighted by Crippen LogP contribution is -2.10. The molecule has 62 heavy (non-hydrogen) atoms. The van der Waals surface area contributed by atoms with E-state index in [9.17, 15) is 0 Å². The monoisotopic (exact) mass is 795 g/mol. The van der Waals surface area contributed by atoms with Crippen LogP contribution in [0.1, 0.15) is 0 Å². The SMILES string of the molecule is c1ccc(-c2cccc(N(c3ccc(-c4nc5c6ccc(N(c7ccccc7)c7ccccc7)cc6c6ccccc6c5o4)cc3)c3ccc4oc5ccccc5c4c3)c2)cc1. The lowest BCUT2D eigenvalue weighted by molar-refractivity contribution is 0.623. The fourth-order valence-corrected chi connectivity index (χ4v) is 8.94. The second-order valence-corrected chi connectivity index (χ2v) is 15.6. The molecule has 12 rings (SSSR count). The van der Waals surface area contributed by atoms with Crippen LogP contribution in [0, 0.1) is 0 Å². The fraction of sp³-hybridized carbons (Fsp3) is 0. The topological polar surface area (TPSA) is 45.7 Å². The molecule has 5 nitrogen and oxygen atoms in total. The molecule has 0 amide bonds. The van der Waals surface area contributed by atoms with Crippen molar-refractivity contribution in [2.45, 2.75) is 0 Å². The first kappa shape index (κ1) is 35.5. The van der Waals surface area contributed by atoms with Crippen LogP contribution in [0.2, 0.25) is 0 Å². The number of benzene rings is 10. The van der Waals surface area contributed by atoms with Crippen molar-refractivity contribution in [2.24, 2.45) is 0 Å². The van der Waals surface area contributed by atoms with Gasteiger partial charge in [0.25, 0.3) is 0 Å². The molecule has 0 unspecified atom stereocenters. The number of hydrogen-bond acceptors (Lipinski definition) is 5. The number of rotatable bonds is 8. The molecule has 0 spiro atoms. The zero-order chi connectivity index (χ0) is 41.0. The van der Waals surface area contributed by atoms with Crippen molar-refractivity contribution < 1.29 is 8.83 Å². The average molecular weight is 796 g/mol. The Balaban J connectivity index is 0.975. The summed E-state index contributed by atoms with van der Waals surface area (Å²) in [5.41, 5.74) is 12.9. The number of fused-ring (bicyclic) bond motifs is 9. The molecule has 0 fully saturated rings. The maximum absolute atomic E-state index is 6.76. The highest BCUT2D eigenvalue weighted by Crippen LogP contribution is 2.44. The molecular formula is C57H37N3O2. The van der Waals surface area contributed by atoms with Crippen molar-refractivity contribution >= 4 is 88.7 Å². The van der Waals surface area contributed by atoms with Crippen molar-refractivity contribution in [3.63, 3.8) is 0 Å². The predicted molar refractivity (Wildman–Crippen MR) is 257 cm³/mol. The molecule has 0 atom stereocenters. The molecule has 0 aliphatic rings. The van der Waals surface area contributed by atoms with Gasteiger partial charge in [-0.2, -0.15) is 0 Å². The summed E-state index contributed by atoms with van der Waals surface area (Å²) in [6, 6.07) is 78.6. The van der Waals surface area contributed by atoms with Crippen molar-refractivity contribution in [1.82, 2.24) is 4.98 Å². The largest absolute Gasteiger partial charge is 0.456 e. The van der Waals surface area contributed by atoms with E-state index in [4.69, 9.17) is 13.8 Å². The third-order valence-corrected chi connectivity index (χ3v) is 11.8. The van der Waals surface area contributed by atoms with Gasteiger partial charge in [0, 0.05) is 61.2 Å². The summed E-state index contributed by atoms with van der Waals surface area (Å²) in [5.74, 6) is 0.576. The molecule has 0 aliphatic carbocycles. The molecule has 0 saturated carbocycles. The molecule has 12 aromatic rings. The minimum Gasteiger partial charge on any atom is -0.456 e. The van der Waals surface area contributed by atoms with Gasteiger partial charge in [0.15, 0.2) is 5.58 Å². The van der Waals surface area contributed by atoms with Gasteiger partial charge in [0.05, 0.1) is 0 Å². The Morgan fingerprint density at radius 2 is 0.806 bits per heavy atom. The second kappa shape index (κ2) is 14.7. The van der Waals surface area contributed by atoms with Gasteiger partial charge < -0.3 is 18.6 Å². The second-order valence-electron chi connectivity index (χ2n) is 15.6. The number of aromatic nitrogens is 1. The van der Waals surface area contributed by atoms with Crippen LogP contribution < -0.4 is 9.80 Å². The van der Waals surface area contributed by atoms with Crippen LogP contribution in [0.5, 0.6) is 0 Å². The van der Waals surface area contributed by atoms with E-state index < -0.39 is 0 Å². The van der Waals surface area contributed by atoms with Crippen LogP contribution in [0.15, 0.2) is 233 Å². The molecular weight excluding hydrogens is 759 g/mol. The highest BCUT2D eigenvalue weighted by atomic mass is 16.3. The van der Waals surface area contributed by atoms with Gasteiger partial charge in [-0.3, -0.25) is 0 Å². The van der Waals surface area contributed by atoms with E-state index in [1.54, 1.807) is 0 Å². The van der Waals surface area contributed by atoms with Crippen LogP contribution in [0.25, 0.3) is 77.2 Å². The Labute approximate surface area is 358 Å². The third kappa shape index (κ3) is 6.06. The van der Waals surface area contributed by atoms with Gasteiger partial charge in [0.2, 0.25) is 5.89 Å². The number of furan rings is 1. The van der Waals surface area contributed by atoms with Crippen LogP contribution in [-0.4, -0.2) is 4.98 Å². The normalized spacial score (nSPS) is 11.5. The van der Waals surface area contributed by atoms with Crippen LogP contribution in [0.4, 0.5) is 34.1 Å². The van der Waals surface area contributed by atoms with Crippen LogP contribution in [0.3, 0.4) is 0 Å². The quantitative estimate of drug-likeness (QED) is 0.143. The van der Waals surface area contributed by atoms with E-state index in [0.29, 0.717) is 5.89 Å². The number of anilines is 6. The van der Waals surface area contributed by atoms with Gasteiger partial charge in [0.1, 0.15) is 16.7 Å². The van der Waals surface area contributed by atoms with Gasteiger partial charge in [-0.05, 0) is 125 Å². The fourth-order valence-electron chi connectivity index (χ4n) is 8.94. The van der Waals surface area contributed by atoms with Gasteiger partial charge in [-0.15, -0.1) is 0 Å². The summed E-state index contributed by atoms with van der Waals surface area (Å²) in [5, 5.41) is 6.47. The van der Waals surface area contributed by atoms with Gasteiger partial charge in [-0.25, -0.2) is 4.98 Å². The lowest BCUT2D eigenvalue weighted by Gasteiger charge is -2.26. The van der Waals surface area contributed by atoms with Gasteiger partial charge >= 0.3 is 0 Å². The highest BCUT2D eigenvalue weighted by molar-refractivity contribution is 6.23. The van der Waals surface area contributed by atoms with E-state index in [0.717, 1.165) is 105 Å². The molecule has 2 aromatic heterocycles. The Hall–Kier alpha value is -8.41. The first-order chi connectivity index (χ1) is 30.7. The Kier molecular flexibility index (Phi) is 8.42. The maximum Gasteiger partial charge on any atom is 0.227 e. The molecule has 0 aliphatic heterocycles. The predicted octanol–water partition coefficient (Wildman–Crippen LogP) is 16.3. The summed E-state index contributed by atoms with van der Waals surface area (Å²) < 4.78 is 13.0. The molecule has 0 radical (unpaired) electrons. The number of hydrogen-bond donors (Lipinski definition) is 0. The minimum absolute atomic E-state index is 0.576. The minimum atomic E-state index is 0.576. The van der Waals surface area contributed by atoms with Crippen LogP contribution >= 0.6 is 0 Å². The first-order valence-corrected chi connectivity index (χ1v) is 20.9. The number of nitrogens with zero attached hydrogens (tertiary/aromatic N) is 3. The van der Waals surface area contributed by atoms with Crippen molar-refractivity contribution in [2.75, 3.05) is 9.80 Å². The zero-order valence-electron chi connectivity index (χ0n) is 33.5. The zero-order valence-corrected chi connectivity index (χ0v) is 33.5. The van der Waals surface area contributed by atoms with Crippen LogP contribution in [-0.2, 0) is 0 Å². The van der Waals surface area contributed by atoms with Crippen molar-refractivity contribution in [1.29, 1.82) is 0 Å². The van der Waals surface area contributed by atoms with E-state index in [-0.39, 0.29) is 0 Å². The van der Waals surface area contributed by atoms with Gasteiger partial charge in [-0.1, -0.05) is 121 Å². The van der Waals surface area contributed by atoms with E-state index >= 15 is 0 Å². The molecule has 0 saturated heterocycles.